The molecule has 2 aliphatic carbocycles. The fraction of sp³-hybridized carbons (Fsp3) is 0.444. The Morgan fingerprint density at radius 2 is 2.05 bits per heavy atom. The molecule has 4 heteroatoms. The number of nitrogens with zero attached hydrogens (tertiary/aromatic N) is 1. The Kier molecular flexibility index (Phi) is 3.25. The predicted octanol–water partition coefficient (Wildman–Crippen LogP) is 2.33. The van der Waals surface area contributed by atoms with Gasteiger partial charge in [0.05, 0.1) is 5.92 Å². The van der Waals surface area contributed by atoms with Crippen LogP contribution >= 0.6 is 0 Å². The van der Waals surface area contributed by atoms with Gasteiger partial charge in [0.1, 0.15) is 0 Å². The average molecular weight is 297 g/mol. The first kappa shape index (κ1) is 13.6. The van der Waals surface area contributed by atoms with Gasteiger partial charge in [-0.25, -0.2) is 0 Å². The first-order valence-corrected chi connectivity index (χ1v) is 7.95. The molecule has 4 nitrogen and oxygen atoms in total. The molecule has 1 amide bonds. The van der Waals surface area contributed by atoms with E-state index in [1.165, 1.54) is 5.56 Å². The molecule has 0 saturated heterocycles. The normalized spacial score (nSPS) is 28.0. The molecule has 22 heavy (non-hydrogen) atoms. The Hall–Kier alpha value is -2.10. The van der Waals surface area contributed by atoms with Crippen molar-refractivity contribution in [3.05, 3.63) is 42.0 Å². The first-order chi connectivity index (χ1) is 10.7. The number of ether oxygens (including phenoxy) is 1. The van der Waals surface area contributed by atoms with Gasteiger partial charge in [-0.15, -0.1) is 0 Å². The predicted molar refractivity (Wildman–Crippen MR) is 82.3 cm³/mol. The number of para-hydroxylation sites is 1. The van der Waals surface area contributed by atoms with Gasteiger partial charge in [0.2, 0.25) is 0 Å². The maximum atomic E-state index is 12.3. The fourth-order valence-electron chi connectivity index (χ4n) is 3.97. The van der Waals surface area contributed by atoms with Gasteiger partial charge in [0.15, 0.2) is 6.61 Å². The van der Waals surface area contributed by atoms with E-state index in [0.717, 1.165) is 24.9 Å². The number of anilines is 1. The molecule has 1 saturated carbocycles. The van der Waals surface area contributed by atoms with E-state index >= 15 is 0 Å². The molecule has 3 aliphatic rings. The molecule has 1 aromatic rings. The molecule has 0 N–H and O–H groups in total. The maximum absolute atomic E-state index is 12.3. The lowest BCUT2D eigenvalue weighted by Crippen LogP contribution is -2.34. The maximum Gasteiger partial charge on any atom is 0.310 e. The van der Waals surface area contributed by atoms with Crippen LogP contribution in [0.3, 0.4) is 0 Å². The van der Waals surface area contributed by atoms with E-state index in [9.17, 15) is 9.59 Å². The minimum absolute atomic E-state index is 0.0475. The standard InChI is InChI=1S/C18H19NO3/c20-17(19-8-7-13-3-1-2-4-16(13)19)11-22-18(21)15-10-12-5-6-14(15)9-12/h1-6,12,14-15H,7-11H2/t12-,14-,15-/m0/s1. The molecule has 0 aromatic heterocycles. The van der Waals surface area contributed by atoms with Crippen molar-refractivity contribution in [2.75, 3.05) is 18.1 Å². The minimum atomic E-state index is -0.210. The summed E-state index contributed by atoms with van der Waals surface area (Å²) in [5.41, 5.74) is 2.13. The summed E-state index contributed by atoms with van der Waals surface area (Å²) >= 11 is 0. The fourth-order valence-corrected chi connectivity index (χ4v) is 3.97. The zero-order chi connectivity index (χ0) is 15.1. The van der Waals surface area contributed by atoms with Gasteiger partial charge in [-0.1, -0.05) is 30.4 Å². The summed E-state index contributed by atoms with van der Waals surface area (Å²) in [6.45, 7) is 0.525. The Balaban J connectivity index is 1.35. The highest BCUT2D eigenvalue weighted by Crippen LogP contribution is 2.43. The number of carbonyl (C=O) groups excluding carboxylic acids is 2. The van der Waals surface area contributed by atoms with E-state index in [1.807, 2.05) is 24.3 Å². The summed E-state index contributed by atoms with van der Waals surface area (Å²) in [6, 6.07) is 7.90. The van der Waals surface area contributed by atoms with Gasteiger partial charge in [0, 0.05) is 12.2 Å². The third-order valence-corrected chi connectivity index (χ3v) is 5.11. The first-order valence-electron chi connectivity index (χ1n) is 7.95. The van der Waals surface area contributed by atoms with Crippen LogP contribution in [0.2, 0.25) is 0 Å². The lowest BCUT2D eigenvalue weighted by molar-refractivity contribution is -0.152. The van der Waals surface area contributed by atoms with Crippen LogP contribution in [0.25, 0.3) is 0 Å². The van der Waals surface area contributed by atoms with Gasteiger partial charge in [-0.05, 0) is 42.7 Å². The molecule has 0 unspecified atom stereocenters. The Morgan fingerprint density at radius 3 is 2.82 bits per heavy atom. The second-order valence-corrected chi connectivity index (χ2v) is 6.42. The summed E-state index contributed by atoms with van der Waals surface area (Å²) in [4.78, 5) is 26.2. The summed E-state index contributed by atoms with van der Waals surface area (Å²) in [7, 11) is 0. The van der Waals surface area contributed by atoms with E-state index in [1.54, 1.807) is 4.90 Å². The minimum Gasteiger partial charge on any atom is -0.455 e. The van der Waals surface area contributed by atoms with Crippen molar-refractivity contribution < 1.29 is 14.3 Å². The molecule has 1 aliphatic heterocycles. The van der Waals surface area contributed by atoms with Crippen LogP contribution < -0.4 is 4.90 Å². The van der Waals surface area contributed by atoms with E-state index in [4.69, 9.17) is 4.74 Å². The van der Waals surface area contributed by atoms with E-state index in [-0.39, 0.29) is 24.4 Å². The number of allylic oxidation sites excluding steroid dienone is 2. The number of hydrogen-bond donors (Lipinski definition) is 0. The van der Waals surface area contributed by atoms with Crippen LogP contribution in [0.5, 0.6) is 0 Å². The van der Waals surface area contributed by atoms with Crippen LogP contribution in [0, 0.1) is 17.8 Å². The lowest BCUT2D eigenvalue weighted by Gasteiger charge is -2.19. The Labute approximate surface area is 129 Å². The lowest BCUT2D eigenvalue weighted by atomic mass is 9.94. The molecular formula is C18H19NO3. The summed E-state index contributed by atoms with van der Waals surface area (Å²) < 4.78 is 5.30. The van der Waals surface area contributed by atoms with Crippen molar-refractivity contribution in [2.45, 2.75) is 19.3 Å². The van der Waals surface area contributed by atoms with Crippen LogP contribution in [-0.4, -0.2) is 25.0 Å². The van der Waals surface area contributed by atoms with Crippen LogP contribution in [0.1, 0.15) is 18.4 Å². The van der Waals surface area contributed by atoms with Gasteiger partial charge in [0.25, 0.3) is 5.91 Å². The summed E-state index contributed by atoms with van der Waals surface area (Å²) in [6.07, 6.45) is 7.13. The molecule has 1 aromatic carbocycles. The molecule has 3 atom stereocenters. The van der Waals surface area contributed by atoms with Crippen molar-refractivity contribution in [1.29, 1.82) is 0 Å². The van der Waals surface area contributed by atoms with Crippen molar-refractivity contribution in [3.63, 3.8) is 0 Å². The van der Waals surface area contributed by atoms with E-state index in [0.29, 0.717) is 18.4 Å². The number of rotatable bonds is 3. The number of amides is 1. The zero-order valence-corrected chi connectivity index (χ0v) is 12.4. The van der Waals surface area contributed by atoms with Gasteiger partial charge < -0.3 is 9.64 Å². The van der Waals surface area contributed by atoms with Gasteiger partial charge >= 0.3 is 5.97 Å². The smallest absolute Gasteiger partial charge is 0.310 e. The van der Waals surface area contributed by atoms with Crippen molar-refractivity contribution in [3.8, 4) is 0 Å². The molecule has 4 rings (SSSR count). The Bertz CT molecular complexity index is 651. The SMILES string of the molecule is O=C(OCC(=O)N1CCc2ccccc21)[C@H]1C[C@H]2C=C[C@H]1C2. The highest BCUT2D eigenvalue weighted by molar-refractivity contribution is 5.97. The molecule has 0 radical (unpaired) electrons. The summed E-state index contributed by atoms with van der Waals surface area (Å²) in [5.74, 6) is 0.465. The van der Waals surface area contributed by atoms with Crippen molar-refractivity contribution in [1.82, 2.24) is 0 Å². The third-order valence-electron chi connectivity index (χ3n) is 5.11. The number of carbonyl (C=O) groups is 2. The van der Waals surface area contributed by atoms with Crippen LogP contribution in [0.15, 0.2) is 36.4 Å². The third kappa shape index (κ3) is 2.23. The number of esters is 1. The quantitative estimate of drug-likeness (QED) is 0.635. The van der Waals surface area contributed by atoms with Crippen molar-refractivity contribution >= 4 is 17.6 Å². The molecule has 1 fully saturated rings. The number of fused-ring (bicyclic) bond motifs is 3. The largest absolute Gasteiger partial charge is 0.455 e. The molecule has 1 heterocycles. The number of benzene rings is 1. The molecule has 0 spiro atoms. The molecular weight excluding hydrogens is 278 g/mol. The highest BCUT2D eigenvalue weighted by Gasteiger charge is 2.41. The second-order valence-electron chi connectivity index (χ2n) is 6.42. The molecule has 2 bridgehead atoms. The van der Waals surface area contributed by atoms with Crippen LogP contribution in [0.4, 0.5) is 5.69 Å². The van der Waals surface area contributed by atoms with Gasteiger partial charge in [-0.3, -0.25) is 9.59 Å². The van der Waals surface area contributed by atoms with Crippen LogP contribution in [-0.2, 0) is 20.7 Å². The van der Waals surface area contributed by atoms with E-state index in [2.05, 4.69) is 12.2 Å². The molecule has 114 valence electrons. The summed E-state index contributed by atoms with van der Waals surface area (Å²) in [5, 5.41) is 0. The van der Waals surface area contributed by atoms with Gasteiger partial charge in [-0.2, -0.15) is 0 Å². The average Bonchev–Trinajstić information content (AvgIpc) is 3.26. The van der Waals surface area contributed by atoms with E-state index < -0.39 is 0 Å². The topological polar surface area (TPSA) is 46.6 Å². The number of hydrogen-bond acceptors (Lipinski definition) is 3. The second kappa shape index (κ2) is 5.27. The Morgan fingerprint density at radius 1 is 1.18 bits per heavy atom. The highest BCUT2D eigenvalue weighted by atomic mass is 16.5. The zero-order valence-electron chi connectivity index (χ0n) is 12.4. The van der Waals surface area contributed by atoms with Crippen molar-refractivity contribution in [2.24, 2.45) is 17.8 Å². The monoisotopic (exact) mass is 297 g/mol.